The zero-order valence-corrected chi connectivity index (χ0v) is 36.8. The Hall–Kier alpha value is -5.18. The smallest absolute Gasteiger partial charge is 0.416 e. The lowest BCUT2D eigenvalue weighted by Crippen LogP contribution is -2.41. The number of aliphatic hydroxyl groups is 1. The third kappa shape index (κ3) is 6.43. The summed E-state index contributed by atoms with van der Waals surface area (Å²) in [5, 5.41) is 10.8. The number of fused-ring (bicyclic) bond motifs is 10. The maximum absolute atomic E-state index is 13.8. The molecule has 4 heterocycles. The van der Waals surface area contributed by atoms with Crippen molar-refractivity contribution in [2.45, 2.75) is 106 Å². The quantitative estimate of drug-likeness (QED) is 0.155. The van der Waals surface area contributed by atoms with E-state index < -0.39 is 58.1 Å². The van der Waals surface area contributed by atoms with Crippen LogP contribution in [0.1, 0.15) is 129 Å². The van der Waals surface area contributed by atoms with Gasteiger partial charge in [-0.2, -0.15) is 26.3 Å². The van der Waals surface area contributed by atoms with Crippen LogP contribution in [0.3, 0.4) is 0 Å². The molecule has 14 heteroatoms. The zero-order chi connectivity index (χ0) is 45.7. The van der Waals surface area contributed by atoms with Crippen molar-refractivity contribution in [1.82, 2.24) is 0 Å². The van der Waals surface area contributed by atoms with Crippen LogP contribution in [0.15, 0.2) is 100 Å². The number of hydrogen-bond donors (Lipinski definition) is 1. The van der Waals surface area contributed by atoms with Gasteiger partial charge in [0.15, 0.2) is 5.78 Å². The van der Waals surface area contributed by atoms with E-state index in [0.717, 1.165) is 144 Å². The minimum absolute atomic E-state index is 0.0208. The van der Waals surface area contributed by atoms with E-state index in [2.05, 4.69) is 24.3 Å². The van der Waals surface area contributed by atoms with Gasteiger partial charge in [-0.3, -0.25) is 14.4 Å². The Morgan fingerprint density at radius 1 is 0.667 bits per heavy atom. The standard InChI is InChI=1S/C52H40F6O6S2/c53-51(54,55)27-7-9-31-33(19-27)35(45(61)43(31)59)21-29-23-39-47(65-29)37-15-26-18-42-38(16-25(26)17-41(37)63-49(39)11-3-1-4-12-49)48-40(50(64-42)13-5-2-6-14-50)24-30(66-48)22-36-34-20-28(52(56,57)58)8-10-32(34)44(60)46(36)62/h7-10,15-23,25-26,30,46,62H,1-6,11-14,24H2/b35-21-,36-22-. The van der Waals surface area contributed by atoms with Gasteiger partial charge in [-0.05, 0) is 135 Å². The summed E-state index contributed by atoms with van der Waals surface area (Å²) < 4.78 is 97.1. The number of thioether (sulfide) groups is 1. The second kappa shape index (κ2) is 14.7. The summed E-state index contributed by atoms with van der Waals surface area (Å²) in [5.74, 6) is -1.02. The van der Waals surface area contributed by atoms with E-state index in [1.807, 2.05) is 6.07 Å². The van der Waals surface area contributed by atoms with Crippen molar-refractivity contribution < 1.29 is 55.3 Å². The van der Waals surface area contributed by atoms with Crippen molar-refractivity contribution >= 4 is 63.2 Å². The number of carbonyl (C=O) groups is 3. The molecule has 4 atom stereocenters. The molecule has 4 unspecified atom stereocenters. The molecule has 12 rings (SSSR count). The van der Waals surface area contributed by atoms with Gasteiger partial charge in [-0.1, -0.05) is 37.1 Å². The van der Waals surface area contributed by atoms with Crippen LogP contribution in [0.5, 0.6) is 0 Å². The molecular formula is C52H40F6O6S2. The summed E-state index contributed by atoms with van der Waals surface area (Å²) in [7, 11) is 0. The molecule has 3 aromatic rings. The van der Waals surface area contributed by atoms with Crippen LogP contribution in [0.4, 0.5) is 26.3 Å². The van der Waals surface area contributed by atoms with Crippen LogP contribution >= 0.6 is 23.1 Å². The molecule has 338 valence electrons. The molecule has 0 amide bonds. The second-order valence-electron chi connectivity index (χ2n) is 18.9. The number of carbonyl (C=O) groups excluding carboxylic acids is 3. The number of alkyl halides is 6. The fourth-order valence-electron chi connectivity index (χ4n) is 11.8. The van der Waals surface area contributed by atoms with Gasteiger partial charge >= 0.3 is 12.4 Å². The van der Waals surface area contributed by atoms with E-state index in [9.17, 15) is 45.8 Å². The molecule has 0 radical (unpaired) electrons. The number of ketones is 3. The molecule has 2 spiro atoms. The van der Waals surface area contributed by atoms with Crippen LogP contribution in [0.25, 0.3) is 22.8 Å². The van der Waals surface area contributed by atoms with Crippen molar-refractivity contribution in [3.8, 4) is 0 Å². The highest BCUT2D eigenvalue weighted by Crippen LogP contribution is 2.61. The van der Waals surface area contributed by atoms with Crippen molar-refractivity contribution in [1.29, 1.82) is 0 Å². The Balaban J connectivity index is 0.913. The summed E-state index contributed by atoms with van der Waals surface area (Å²) in [6, 6.07) is 7.76. The number of thiophene rings is 1. The third-order valence-electron chi connectivity index (χ3n) is 15.0. The molecule has 9 aliphatic rings. The lowest BCUT2D eigenvalue weighted by atomic mass is 9.72. The highest BCUT2D eigenvalue weighted by Gasteiger charge is 2.51. The van der Waals surface area contributed by atoms with Crippen LogP contribution < -0.4 is 0 Å². The number of Topliss-reactive ketones (excluding diaryl/α,β-unsaturated/α-hetero) is 3. The van der Waals surface area contributed by atoms with E-state index in [1.165, 1.54) is 11.3 Å². The number of hydrogen-bond acceptors (Lipinski definition) is 8. The first kappa shape index (κ1) is 42.2. The predicted octanol–water partition coefficient (Wildman–Crippen LogP) is 12.8. The first-order valence-electron chi connectivity index (χ1n) is 22.5. The van der Waals surface area contributed by atoms with E-state index in [4.69, 9.17) is 9.47 Å². The maximum atomic E-state index is 13.8. The van der Waals surface area contributed by atoms with Crippen molar-refractivity contribution in [3.05, 3.63) is 149 Å². The first-order chi connectivity index (χ1) is 31.5. The lowest BCUT2D eigenvalue weighted by molar-refractivity contribution is -0.138. The first-order valence-corrected chi connectivity index (χ1v) is 24.2. The molecule has 3 aliphatic heterocycles. The molecule has 0 bridgehead atoms. The Morgan fingerprint density at radius 2 is 1.26 bits per heavy atom. The molecule has 2 aromatic carbocycles. The van der Waals surface area contributed by atoms with Crippen LogP contribution in [-0.4, -0.2) is 39.4 Å². The Bertz CT molecular complexity index is 2960. The summed E-state index contributed by atoms with van der Waals surface area (Å²) in [4.78, 5) is 42.1. The monoisotopic (exact) mass is 938 g/mol. The van der Waals surface area contributed by atoms with Gasteiger partial charge < -0.3 is 14.6 Å². The van der Waals surface area contributed by atoms with Gasteiger partial charge in [-0.25, -0.2) is 0 Å². The van der Waals surface area contributed by atoms with Gasteiger partial charge in [0.05, 0.1) is 11.1 Å². The topological polar surface area (TPSA) is 89.9 Å². The highest BCUT2D eigenvalue weighted by atomic mass is 32.2. The predicted molar refractivity (Wildman–Crippen MR) is 238 cm³/mol. The van der Waals surface area contributed by atoms with Crippen LogP contribution in [0, 0.1) is 11.8 Å². The van der Waals surface area contributed by atoms with Gasteiger partial charge in [0, 0.05) is 65.2 Å². The molecule has 1 N–H and O–H groups in total. The summed E-state index contributed by atoms with van der Waals surface area (Å²) in [5.41, 5.74) is 1.20. The van der Waals surface area contributed by atoms with Gasteiger partial charge in [-0.15, -0.1) is 23.1 Å². The molecule has 1 aromatic heterocycles. The minimum atomic E-state index is -4.65. The second-order valence-corrected chi connectivity index (χ2v) is 21.2. The molecule has 2 saturated carbocycles. The zero-order valence-electron chi connectivity index (χ0n) is 35.2. The average molecular weight is 939 g/mol. The Labute approximate surface area is 383 Å². The molecule has 6 aliphatic carbocycles. The largest absolute Gasteiger partial charge is 0.483 e. The third-order valence-corrected chi connectivity index (χ3v) is 17.4. The number of halogens is 6. The van der Waals surface area contributed by atoms with Crippen LogP contribution in [0.2, 0.25) is 0 Å². The van der Waals surface area contributed by atoms with Crippen LogP contribution in [-0.2, 0) is 32.2 Å². The van der Waals surface area contributed by atoms with Gasteiger partial charge in [0.25, 0.3) is 0 Å². The SMILES string of the molecule is O=C1C(=O)c2ccc(C(F)(F)F)cc2/C1=C/c1cc2c(s1)C1=CC3C=C4OC5(CCCCC5)C5=C(SC(/C=C6/c7cc(C(F)(F)F)ccc7C(=O)C6O)C5)C4=CC3C=C1OC21CCCCC1. The number of allylic oxidation sites excluding steroid dienone is 7. The maximum Gasteiger partial charge on any atom is 0.416 e. The van der Waals surface area contributed by atoms with E-state index in [0.29, 0.717) is 11.3 Å². The molecule has 66 heavy (non-hydrogen) atoms. The van der Waals surface area contributed by atoms with E-state index in [1.54, 1.807) is 23.9 Å². The van der Waals surface area contributed by atoms with Gasteiger partial charge in [0.1, 0.15) is 28.8 Å². The number of ether oxygens (including phenoxy) is 2. The van der Waals surface area contributed by atoms with Gasteiger partial charge in [0.2, 0.25) is 11.6 Å². The highest BCUT2D eigenvalue weighted by molar-refractivity contribution is 8.04. The molecule has 2 fully saturated rings. The number of aliphatic hydroxyl groups excluding tert-OH is 1. The van der Waals surface area contributed by atoms with Crippen molar-refractivity contribution in [2.75, 3.05) is 0 Å². The van der Waals surface area contributed by atoms with E-state index in [-0.39, 0.29) is 50.5 Å². The summed E-state index contributed by atoms with van der Waals surface area (Å²) >= 11 is 3.04. The fraction of sp³-hybridized carbons (Fsp3) is 0.365. The lowest BCUT2D eigenvalue weighted by Gasteiger charge is -2.46. The number of rotatable bonds is 2. The fourth-order valence-corrected chi connectivity index (χ4v) is 14.5. The summed E-state index contributed by atoms with van der Waals surface area (Å²) in [6.07, 6.45) is 10.9. The normalized spacial score (nSPS) is 28.1. The van der Waals surface area contributed by atoms with Crippen molar-refractivity contribution in [3.63, 3.8) is 0 Å². The molecule has 6 nitrogen and oxygen atoms in total. The van der Waals surface area contributed by atoms with E-state index >= 15 is 0 Å². The Kier molecular flexibility index (Phi) is 9.37. The summed E-state index contributed by atoms with van der Waals surface area (Å²) in [6.45, 7) is 0. The number of benzene rings is 2. The minimum Gasteiger partial charge on any atom is -0.483 e. The molecular weight excluding hydrogens is 899 g/mol. The average Bonchev–Trinajstić information content (AvgIpc) is 4.04. The molecule has 0 saturated heterocycles. The van der Waals surface area contributed by atoms with Crippen molar-refractivity contribution in [2.24, 2.45) is 11.8 Å². The Morgan fingerprint density at radius 3 is 1.92 bits per heavy atom.